The zero-order chi connectivity index (χ0) is 34.1. The van der Waals surface area contributed by atoms with Crippen LogP contribution in [-0.2, 0) is 24.0 Å². The molecule has 16 heteroatoms. The Balaban J connectivity index is 1.16. The van der Waals surface area contributed by atoms with E-state index in [9.17, 15) is 38.7 Å². The van der Waals surface area contributed by atoms with Crippen molar-refractivity contribution in [1.82, 2.24) is 25.3 Å². The number of fused-ring (bicyclic) bond motifs is 2. The minimum atomic E-state index is -1.35. The molecule has 3 aliphatic rings. The number of amides is 6. The molecule has 2 fully saturated rings. The van der Waals surface area contributed by atoms with Gasteiger partial charge in [-0.2, -0.15) is 0 Å². The molecule has 0 spiro atoms. The normalized spacial score (nSPS) is 19.9. The van der Waals surface area contributed by atoms with Gasteiger partial charge in [0.1, 0.15) is 41.1 Å². The van der Waals surface area contributed by atoms with Gasteiger partial charge in [-0.15, -0.1) is 11.8 Å². The van der Waals surface area contributed by atoms with Crippen molar-refractivity contribution in [1.29, 1.82) is 0 Å². The van der Waals surface area contributed by atoms with E-state index in [1.165, 1.54) is 28.8 Å². The van der Waals surface area contributed by atoms with Crippen LogP contribution in [0.1, 0.15) is 18.5 Å². The van der Waals surface area contributed by atoms with Crippen LogP contribution in [0.15, 0.2) is 81.1 Å². The van der Waals surface area contributed by atoms with Gasteiger partial charge in [-0.05, 0) is 30.7 Å². The Morgan fingerprint density at radius 2 is 1.77 bits per heavy atom. The number of hydrogen-bond donors (Lipinski definition) is 3. The van der Waals surface area contributed by atoms with E-state index in [0.29, 0.717) is 34.4 Å². The minimum Gasteiger partial charge on any atom is -0.489 e. The molecule has 4 heterocycles. The van der Waals surface area contributed by atoms with Crippen LogP contribution in [0, 0.1) is 0 Å². The fourth-order valence-electron chi connectivity index (χ4n) is 5.65. The maximum Gasteiger partial charge on any atom is 0.352 e. The molecule has 15 nitrogen and oxygen atoms in total. The van der Waals surface area contributed by atoms with Crippen LogP contribution in [0.25, 0.3) is 11.0 Å². The van der Waals surface area contributed by atoms with Crippen molar-refractivity contribution in [3.8, 4) is 5.75 Å². The Bertz CT molecular complexity index is 1930. The summed E-state index contributed by atoms with van der Waals surface area (Å²) < 4.78 is 11.0. The van der Waals surface area contributed by atoms with Gasteiger partial charge in [0.15, 0.2) is 0 Å². The van der Waals surface area contributed by atoms with Crippen LogP contribution in [0.2, 0.25) is 0 Å². The third kappa shape index (κ3) is 6.09. The Morgan fingerprint density at radius 1 is 1.02 bits per heavy atom. The summed E-state index contributed by atoms with van der Waals surface area (Å²) >= 11 is 1.23. The fraction of sp³-hybridized carbons (Fsp3) is 0.281. The van der Waals surface area contributed by atoms with Gasteiger partial charge in [0.25, 0.3) is 5.91 Å². The van der Waals surface area contributed by atoms with Crippen molar-refractivity contribution in [3.05, 3.63) is 87.9 Å². The highest BCUT2D eigenvalue weighted by Crippen LogP contribution is 2.40. The second-order valence-electron chi connectivity index (χ2n) is 11.0. The first-order valence-corrected chi connectivity index (χ1v) is 16.0. The van der Waals surface area contributed by atoms with Gasteiger partial charge in [0.05, 0.1) is 0 Å². The predicted molar refractivity (Wildman–Crippen MR) is 169 cm³/mol. The van der Waals surface area contributed by atoms with E-state index in [4.69, 9.17) is 9.15 Å². The van der Waals surface area contributed by atoms with Crippen molar-refractivity contribution in [2.75, 3.05) is 32.0 Å². The number of aliphatic carboxylic acids is 1. The van der Waals surface area contributed by atoms with Crippen molar-refractivity contribution in [2.24, 2.45) is 0 Å². The lowest BCUT2D eigenvalue weighted by Crippen LogP contribution is -2.71. The zero-order valence-electron chi connectivity index (χ0n) is 25.4. The first-order chi connectivity index (χ1) is 23.1. The maximum absolute atomic E-state index is 13.6. The summed E-state index contributed by atoms with van der Waals surface area (Å²) in [5.74, 6) is -4.13. The quantitative estimate of drug-likeness (QED) is 0.167. The molecule has 0 saturated carbocycles. The smallest absolute Gasteiger partial charge is 0.352 e. The summed E-state index contributed by atoms with van der Waals surface area (Å²) in [6.07, 6.45) is 0. The van der Waals surface area contributed by atoms with Crippen molar-refractivity contribution < 1.29 is 43.0 Å². The number of benzene rings is 2. The number of rotatable bonds is 9. The summed E-state index contributed by atoms with van der Waals surface area (Å²) in [7, 11) is 0. The number of carboxylic acids is 1. The number of carbonyl (C=O) groups is 6. The lowest BCUT2D eigenvalue weighted by Gasteiger charge is -2.49. The molecule has 6 rings (SSSR count). The molecule has 3 aliphatic heterocycles. The number of hydrogen-bond acceptors (Lipinski definition) is 10. The molecule has 6 amide bonds. The van der Waals surface area contributed by atoms with Crippen LogP contribution >= 0.6 is 11.8 Å². The lowest BCUT2D eigenvalue weighted by atomic mass is 10.0. The van der Waals surface area contributed by atoms with Gasteiger partial charge in [-0.25, -0.2) is 14.4 Å². The fourth-order valence-corrected chi connectivity index (χ4v) is 6.98. The predicted octanol–water partition coefficient (Wildman–Crippen LogP) is 1.05. The highest BCUT2D eigenvalue weighted by molar-refractivity contribution is 8.00. The number of imide groups is 1. The standard InChI is InChI=1S/C32H29N5O10S/c1-2-35-12-13-36(29(42)28(35)41)32(45)34-23(18-6-4-3-5-7-18)26(39)33-24-27(40)37-25(31(43)44)19(16-48-30(24)37)15-46-20-10-8-17-9-11-22(38)47-21(17)14-20/h3-11,14,23-24,30H,2,12-13,15-16H2,1H3,(H,33,39)(H,34,45)(H,43,44)/t23?,24-,30-/m1/s1. The molecule has 3 aromatic rings. The molecule has 0 bridgehead atoms. The number of β-lactam (4-membered cyclic amide) rings is 1. The second-order valence-corrected chi connectivity index (χ2v) is 12.1. The average Bonchev–Trinajstić information content (AvgIpc) is 3.09. The molecule has 1 unspecified atom stereocenters. The summed E-state index contributed by atoms with van der Waals surface area (Å²) in [6, 6.07) is 12.5. The number of urea groups is 1. The minimum absolute atomic E-state index is 0.0597. The van der Waals surface area contributed by atoms with E-state index in [2.05, 4.69) is 10.6 Å². The average molecular weight is 676 g/mol. The van der Waals surface area contributed by atoms with E-state index in [-0.39, 0.29) is 31.1 Å². The highest BCUT2D eigenvalue weighted by Gasteiger charge is 2.54. The largest absolute Gasteiger partial charge is 0.489 e. The topological polar surface area (TPSA) is 196 Å². The molecule has 1 aromatic heterocycles. The monoisotopic (exact) mass is 675 g/mol. The van der Waals surface area contributed by atoms with Gasteiger partial charge in [0, 0.05) is 48.5 Å². The third-order valence-electron chi connectivity index (χ3n) is 8.15. The van der Waals surface area contributed by atoms with Crippen molar-refractivity contribution >= 4 is 58.4 Å². The van der Waals surface area contributed by atoms with Gasteiger partial charge in [0.2, 0.25) is 5.91 Å². The van der Waals surface area contributed by atoms with Crippen molar-refractivity contribution in [3.63, 3.8) is 0 Å². The SMILES string of the molecule is CCN1CCN(C(=O)NC(C(=O)N[C@@H]2C(=O)N3C(C(=O)O)=C(COc4ccc5ccc(=O)oc5c4)CS[C@H]23)c2ccccc2)C(=O)C1=O. The number of nitrogens with zero attached hydrogens (tertiary/aromatic N) is 3. The van der Waals surface area contributed by atoms with Crippen molar-refractivity contribution in [2.45, 2.75) is 24.4 Å². The van der Waals surface area contributed by atoms with Gasteiger partial charge in [-0.1, -0.05) is 30.3 Å². The van der Waals surface area contributed by atoms with E-state index >= 15 is 0 Å². The Labute approximate surface area is 276 Å². The summed E-state index contributed by atoms with van der Waals surface area (Å²) in [5, 5.41) is 15.1. The second kappa shape index (κ2) is 13.2. The first-order valence-electron chi connectivity index (χ1n) is 14.9. The van der Waals surface area contributed by atoms with E-state index in [1.807, 2.05) is 0 Å². The number of ether oxygens (including phenoxy) is 1. The third-order valence-corrected chi connectivity index (χ3v) is 9.49. The molecule has 0 radical (unpaired) electrons. The number of carbonyl (C=O) groups excluding carboxylic acids is 5. The van der Waals surface area contributed by atoms with Gasteiger partial charge < -0.3 is 29.8 Å². The molecule has 2 saturated heterocycles. The molecule has 248 valence electrons. The van der Waals surface area contributed by atoms with E-state index in [1.54, 1.807) is 55.5 Å². The van der Waals surface area contributed by atoms with Gasteiger partial charge >= 0.3 is 29.4 Å². The number of piperazine rings is 1. The van der Waals surface area contributed by atoms with Crippen LogP contribution < -0.4 is 21.0 Å². The number of carboxylic acid groups (broad SMARTS) is 1. The molecule has 3 N–H and O–H groups in total. The van der Waals surface area contributed by atoms with Crippen LogP contribution in [-0.4, -0.2) is 98.8 Å². The van der Waals surface area contributed by atoms with E-state index < -0.39 is 58.7 Å². The molecule has 3 atom stereocenters. The highest BCUT2D eigenvalue weighted by atomic mass is 32.2. The number of likely N-dealkylation sites (N-methyl/N-ethyl adjacent to an activating group) is 1. The summed E-state index contributed by atoms with van der Waals surface area (Å²) in [4.78, 5) is 92.2. The van der Waals surface area contributed by atoms with E-state index in [0.717, 1.165) is 9.80 Å². The maximum atomic E-state index is 13.6. The summed E-state index contributed by atoms with van der Waals surface area (Å²) in [6.45, 7) is 1.94. The Hall–Kier alpha value is -5.64. The van der Waals surface area contributed by atoms with Crippen LogP contribution in [0.5, 0.6) is 5.75 Å². The first kappa shape index (κ1) is 32.3. The molecule has 0 aliphatic carbocycles. The molecular weight excluding hydrogens is 646 g/mol. The molecule has 2 aromatic carbocycles. The van der Waals surface area contributed by atoms with Crippen LogP contribution in [0.3, 0.4) is 0 Å². The number of nitrogens with one attached hydrogen (secondary N) is 2. The van der Waals surface area contributed by atoms with Crippen LogP contribution in [0.4, 0.5) is 4.79 Å². The Kier molecular flexibility index (Phi) is 8.90. The summed E-state index contributed by atoms with van der Waals surface area (Å²) in [5.41, 5.74) is 0.189. The zero-order valence-corrected chi connectivity index (χ0v) is 26.2. The number of thioether (sulfide) groups is 1. The Morgan fingerprint density at radius 3 is 2.50 bits per heavy atom. The molecule has 48 heavy (non-hydrogen) atoms. The van der Waals surface area contributed by atoms with Gasteiger partial charge in [-0.3, -0.25) is 29.0 Å². The molecular formula is C32H29N5O10S. The lowest BCUT2D eigenvalue weighted by molar-refractivity contribution is -0.153.